The quantitative estimate of drug-likeness (QED) is 0.712. The first-order valence-corrected chi connectivity index (χ1v) is 8.19. The van der Waals surface area contributed by atoms with E-state index in [0.29, 0.717) is 36.0 Å². The molecule has 1 aliphatic rings. The molecule has 1 aromatic heterocycles. The standard InChI is InChI=1S/C18H12BrN3O2/c19-12-2-1-3-13(6-12)22-18-11(9-20)10-21-15-8-17-16(7-14(15)18)23-4-5-24-17/h1-3,6-8,10H,4-5H2,(H,21,22). The molecule has 0 unspecified atom stereocenters. The third-order valence-corrected chi connectivity index (χ3v) is 4.24. The number of hydrogen-bond acceptors (Lipinski definition) is 5. The molecular weight excluding hydrogens is 370 g/mol. The van der Waals surface area contributed by atoms with Crippen molar-refractivity contribution in [3.63, 3.8) is 0 Å². The van der Waals surface area contributed by atoms with Crippen LogP contribution < -0.4 is 14.8 Å². The highest BCUT2D eigenvalue weighted by Gasteiger charge is 2.17. The van der Waals surface area contributed by atoms with Crippen LogP contribution in [0.2, 0.25) is 0 Å². The molecule has 0 atom stereocenters. The van der Waals surface area contributed by atoms with Gasteiger partial charge in [-0.1, -0.05) is 22.0 Å². The van der Waals surface area contributed by atoms with Crippen molar-refractivity contribution in [3.8, 4) is 17.6 Å². The van der Waals surface area contributed by atoms with E-state index in [1.807, 2.05) is 36.4 Å². The third-order valence-electron chi connectivity index (χ3n) is 3.75. The maximum absolute atomic E-state index is 9.45. The van der Waals surface area contributed by atoms with Crippen molar-refractivity contribution < 1.29 is 9.47 Å². The highest BCUT2D eigenvalue weighted by molar-refractivity contribution is 9.10. The van der Waals surface area contributed by atoms with Crippen LogP contribution in [-0.4, -0.2) is 18.2 Å². The lowest BCUT2D eigenvalue weighted by Crippen LogP contribution is -2.15. The average molecular weight is 382 g/mol. The molecule has 1 aliphatic heterocycles. The molecule has 0 aliphatic carbocycles. The molecule has 5 nitrogen and oxygen atoms in total. The first kappa shape index (κ1) is 14.8. The fraction of sp³-hybridized carbons (Fsp3) is 0.111. The summed E-state index contributed by atoms with van der Waals surface area (Å²) >= 11 is 3.46. The van der Waals surface area contributed by atoms with Gasteiger partial charge in [-0.25, -0.2) is 0 Å². The van der Waals surface area contributed by atoms with Crippen LogP contribution in [0, 0.1) is 11.3 Å². The molecule has 1 N–H and O–H groups in total. The Morgan fingerprint density at radius 2 is 1.92 bits per heavy atom. The number of benzene rings is 2. The molecule has 24 heavy (non-hydrogen) atoms. The molecule has 0 bridgehead atoms. The zero-order valence-electron chi connectivity index (χ0n) is 12.5. The number of ether oxygens (including phenoxy) is 2. The van der Waals surface area contributed by atoms with Gasteiger partial charge >= 0.3 is 0 Å². The maximum Gasteiger partial charge on any atom is 0.163 e. The van der Waals surface area contributed by atoms with E-state index in [0.717, 1.165) is 21.1 Å². The van der Waals surface area contributed by atoms with Gasteiger partial charge in [-0.2, -0.15) is 5.26 Å². The van der Waals surface area contributed by atoms with Gasteiger partial charge in [0.2, 0.25) is 0 Å². The summed E-state index contributed by atoms with van der Waals surface area (Å²) in [5.41, 5.74) is 2.80. The normalized spacial score (nSPS) is 12.7. The summed E-state index contributed by atoms with van der Waals surface area (Å²) in [5, 5.41) is 13.6. The van der Waals surface area contributed by atoms with Crippen LogP contribution in [0.5, 0.6) is 11.5 Å². The monoisotopic (exact) mass is 381 g/mol. The van der Waals surface area contributed by atoms with Crippen LogP contribution in [0.4, 0.5) is 11.4 Å². The number of halogens is 1. The molecular formula is C18H12BrN3O2. The first-order chi connectivity index (χ1) is 11.7. The summed E-state index contributed by atoms with van der Waals surface area (Å²) in [6.07, 6.45) is 1.57. The topological polar surface area (TPSA) is 67.2 Å². The van der Waals surface area contributed by atoms with E-state index >= 15 is 0 Å². The third kappa shape index (κ3) is 2.63. The number of fused-ring (bicyclic) bond motifs is 2. The first-order valence-electron chi connectivity index (χ1n) is 7.39. The van der Waals surface area contributed by atoms with Gasteiger partial charge < -0.3 is 14.8 Å². The predicted octanol–water partition coefficient (Wildman–Crippen LogP) is 4.38. The maximum atomic E-state index is 9.45. The van der Waals surface area contributed by atoms with Crippen LogP contribution in [0.25, 0.3) is 10.9 Å². The minimum absolute atomic E-state index is 0.471. The van der Waals surface area contributed by atoms with E-state index in [-0.39, 0.29) is 0 Å². The van der Waals surface area contributed by atoms with Crippen molar-refractivity contribution in [2.75, 3.05) is 18.5 Å². The van der Waals surface area contributed by atoms with E-state index in [2.05, 4.69) is 32.3 Å². The van der Waals surface area contributed by atoms with Gasteiger partial charge in [0.05, 0.1) is 16.8 Å². The molecule has 2 aromatic carbocycles. The fourth-order valence-corrected chi connectivity index (χ4v) is 3.06. The molecule has 0 spiro atoms. The van der Waals surface area contributed by atoms with Crippen molar-refractivity contribution in [2.45, 2.75) is 0 Å². The summed E-state index contributed by atoms with van der Waals surface area (Å²) in [4.78, 5) is 4.37. The summed E-state index contributed by atoms with van der Waals surface area (Å²) < 4.78 is 12.2. The average Bonchev–Trinajstić information content (AvgIpc) is 2.60. The second-order valence-corrected chi connectivity index (χ2v) is 6.22. The minimum Gasteiger partial charge on any atom is -0.486 e. The van der Waals surface area contributed by atoms with Gasteiger partial charge in [-0.3, -0.25) is 4.98 Å². The minimum atomic E-state index is 0.471. The number of aromatic nitrogens is 1. The summed E-state index contributed by atoms with van der Waals surface area (Å²) in [6, 6.07) is 13.7. The molecule has 6 heteroatoms. The van der Waals surface area contributed by atoms with Gasteiger partial charge in [0, 0.05) is 27.8 Å². The summed E-state index contributed by atoms with van der Waals surface area (Å²) in [7, 11) is 0. The molecule has 0 saturated carbocycles. The number of pyridine rings is 1. The molecule has 0 radical (unpaired) electrons. The Kier molecular flexibility index (Phi) is 3.71. The smallest absolute Gasteiger partial charge is 0.163 e. The van der Waals surface area contributed by atoms with Crippen LogP contribution >= 0.6 is 15.9 Å². The lowest BCUT2D eigenvalue weighted by molar-refractivity contribution is 0.172. The van der Waals surface area contributed by atoms with E-state index in [4.69, 9.17) is 9.47 Å². The van der Waals surface area contributed by atoms with E-state index in [9.17, 15) is 5.26 Å². The van der Waals surface area contributed by atoms with Gasteiger partial charge in [0.1, 0.15) is 19.3 Å². The lowest BCUT2D eigenvalue weighted by atomic mass is 10.1. The Morgan fingerprint density at radius 3 is 2.67 bits per heavy atom. The fourth-order valence-electron chi connectivity index (χ4n) is 2.66. The van der Waals surface area contributed by atoms with Crippen molar-refractivity contribution in [1.29, 1.82) is 5.26 Å². The van der Waals surface area contributed by atoms with Gasteiger partial charge in [-0.05, 0) is 24.3 Å². The van der Waals surface area contributed by atoms with E-state index < -0.39 is 0 Å². The number of nitrogens with one attached hydrogen (secondary N) is 1. The number of anilines is 2. The van der Waals surface area contributed by atoms with E-state index in [1.54, 1.807) is 6.20 Å². The van der Waals surface area contributed by atoms with Crippen LogP contribution in [0.15, 0.2) is 47.1 Å². The lowest BCUT2D eigenvalue weighted by Gasteiger charge is -2.20. The van der Waals surface area contributed by atoms with Crippen molar-refractivity contribution in [3.05, 3.63) is 52.6 Å². The number of hydrogen-bond donors (Lipinski definition) is 1. The van der Waals surface area contributed by atoms with Crippen molar-refractivity contribution >= 4 is 38.2 Å². The van der Waals surface area contributed by atoms with Gasteiger partial charge in [0.25, 0.3) is 0 Å². The van der Waals surface area contributed by atoms with Gasteiger partial charge in [-0.15, -0.1) is 0 Å². The Labute approximate surface area is 147 Å². The van der Waals surface area contributed by atoms with E-state index in [1.165, 1.54) is 0 Å². The van der Waals surface area contributed by atoms with Crippen molar-refractivity contribution in [2.24, 2.45) is 0 Å². The zero-order valence-corrected chi connectivity index (χ0v) is 14.1. The van der Waals surface area contributed by atoms with Crippen LogP contribution in [0.3, 0.4) is 0 Å². The Balaban J connectivity index is 1.89. The molecule has 0 amide bonds. The number of nitrogens with zero attached hydrogens (tertiary/aromatic N) is 2. The highest BCUT2D eigenvalue weighted by Crippen LogP contribution is 2.38. The molecule has 3 aromatic rings. The Morgan fingerprint density at radius 1 is 1.12 bits per heavy atom. The number of nitriles is 1. The van der Waals surface area contributed by atoms with Crippen LogP contribution in [-0.2, 0) is 0 Å². The SMILES string of the molecule is N#Cc1cnc2cc3c(cc2c1Nc1cccc(Br)c1)OCCO3. The van der Waals surface area contributed by atoms with Gasteiger partial charge in [0.15, 0.2) is 11.5 Å². The predicted molar refractivity (Wildman–Crippen MR) is 94.9 cm³/mol. The second-order valence-electron chi connectivity index (χ2n) is 5.31. The van der Waals surface area contributed by atoms with Crippen LogP contribution in [0.1, 0.15) is 5.56 Å². The molecule has 0 fully saturated rings. The largest absolute Gasteiger partial charge is 0.486 e. The molecule has 0 saturated heterocycles. The van der Waals surface area contributed by atoms with Crippen molar-refractivity contribution in [1.82, 2.24) is 4.98 Å². The molecule has 2 heterocycles. The number of rotatable bonds is 2. The molecule has 118 valence electrons. The Hall–Kier alpha value is -2.78. The highest BCUT2D eigenvalue weighted by atomic mass is 79.9. The zero-order chi connectivity index (χ0) is 16.5. The summed E-state index contributed by atoms with van der Waals surface area (Å²) in [5.74, 6) is 1.35. The summed E-state index contributed by atoms with van der Waals surface area (Å²) in [6.45, 7) is 1.04. The Bertz CT molecular complexity index is 982. The molecule has 4 rings (SSSR count). The second kappa shape index (κ2) is 6.02.